The molecule has 0 spiro atoms. The van der Waals surface area contributed by atoms with Gasteiger partial charge in [-0.25, -0.2) is 8.42 Å². The third kappa shape index (κ3) is 4.53. The first-order valence-corrected chi connectivity index (χ1v) is 9.86. The molecule has 1 aliphatic rings. The monoisotopic (exact) mass is 384 g/mol. The van der Waals surface area contributed by atoms with Crippen LogP contribution >= 0.6 is 0 Å². The predicted molar refractivity (Wildman–Crippen MR) is 95.4 cm³/mol. The highest BCUT2D eigenvalue weighted by Gasteiger charge is 2.33. The van der Waals surface area contributed by atoms with Gasteiger partial charge in [-0.05, 0) is 31.9 Å². The first kappa shape index (κ1) is 20.2. The molecule has 1 fully saturated rings. The summed E-state index contributed by atoms with van der Waals surface area (Å²) in [6.45, 7) is 3.92. The lowest BCUT2D eigenvalue weighted by Crippen LogP contribution is -2.40. The zero-order valence-electron chi connectivity index (χ0n) is 15.1. The Labute approximate surface area is 153 Å². The number of methoxy groups -OCH3 is 1. The van der Waals surface area contributed by atoms with Crippen molar-refractivity contribution < 1.29 is 27.5 Å². The fourth-order valence-electron chi connectivity index (χ4n) is 2.87. The van der Waals surface area contributed by atoms with Crippen molar-refractivity contribution >= 4 is 27.6 Å². The van der Waals surface area contributed by atoms with Crippen LogP contribution in [0, 0.1) is 5.92 Å². The smallest absolute Gasteiger partial charge is 0.309 e. The lowest BCUT2D eigenvalue weighted by molar-refractivity contribution is -0.149. The molecule has 0 aliphatic carbocycles. The van der Waals surface area contributed by atoms with Crippen LogP contribution in [0.15, 0.2) is 23.1 Å². The molecule has 1 saturated heterocycles. The van der Waals surface area contributed by atoms with Gasteiger partial charge in [0.05, 0.1) is 30.2 Å². The summed E-state index contributed by atoms with van der Waals surface area (Å²) in [5.41, 5.74) is 0.403. The van der Waals surface area contributed by atoms with Crippen molar-refractivity contribution in [2.75, 3.05) is 32.1 Å². The van der Waals surface area contributed by atoms with Crippen molar-refractivity contribution in [3.63, 3.8) is 0 Å². The van der Waals surface area contributed by atoms with Crippen LogP contribution < -0.4 is 10.1 Å². The summed E-state index contributed by atoms with van der Waals surface area (Å²) < 4.78 is 37.3. The van der Waals surface area contributed by atoms with Crippen LogP contribution in [0.3, 0.4) is 0 Å². The molecule has 1 amide bonds. The van der Waals surface area contributed by atoms with Gasteiger partial charge in [-0.15, -0.1) is 0 Å². The van der Waals surface area contributed by atoms with Gasteiger partial charge in [0.1, 0.15) is 5.75 Å². The highest BCUT2D eigenvalue weighted by Crippen LogP contribution is 2.31. The zero-order chi connectivity index (χ0) is 19.3. The predicted octanol–water partition coefficient (Wildman–Crippen LogP) is 1.62. The molecule has 2 rings (SSSR count). The van der Waals surface area contributed by atoms with Gasteiger partial charge in [0.15, 0.2) is 0 Å². The molecule has 1 N–H and O–H groups in total. The fraction of sp³-hybridized carbons (Fsp3) is 0.529. The van der Waals surface area contributed by atoms with E-state index in [1.807, 2.05) is 0 Å². The van der Waals surface area contributed by atoms with Gasteiger partial charge in [-0.3, -0.25) is 9.59 Å². The molecule has 0 unspecified atom stereocenters. The first-order chi connectivity index (χ1) is 12.3. The number of nitrogens with one attached hydrogen (secondary N) is 1. The summed E-state index contributed by atoms with van der Waals surface area (Å²) in [7, 11) is -2.31. The van der Waals surface area contributed by atoms with E-state index in [1.165, 1.54) is 36.5 Å². The third-order valence-electron chi connectivity index (χ3n) is 4.20. The highest BCUT2D eigenvalue weighted by molar-refractivity contribution is 7.89. The molecule has 1 heterocycles. The Bertz CT molecular complexity index is 769. The Balaban J connectivity index is 2.15. The van der Waals surface area contributed by atoms with E-state index in [-0.39, 0.29) is 41.5 Å². The zero-order valence-corrected chi connectivity index (χ0v) is 16.0. The van der Waals surface area contributed by atoms with Crippen molar-refractivity contribution in [1.82, 2.24) is 4.31 Å². The Morgan fingerprint density at radius 2 is 1.92 bits per heavy atom. The molecule has 9 heteroatoms. The Hall–Kier alpha value is -2.13. The first-order valence-electron chi connectivity index (χ1n) is 8.42. The largest absolute Gasteiger partial charge is 0.495 e. The number of hydrogen-bond acceptors (Lipinski definition) is 6. The average molecular weight is 384 g/mol. The van der Waals surface area contributed by atoms with E-state index in [9.17, 15) is 18.0 Å². The summed E-state index contributed by atoms with van der Waals surface area (Å²) in [5.74, 6) is -0.549. The molecular weight excluding hydrogens is 360 g/mol. The van der Waals surface area contributed by atoms with Gasteiger partial charge in [0.25, 0.3) is 0 Å². The van der Waals surface area contributed by atoms with Crippen molar-refractivity contribution in [3.8, 4) is 5.75 Å². The number of ether oxygens (including phenoxy) is 2. The highest BCUT2D eigenvalue weighted by atomic mass is 32.2. The Morgan fingerprint density at radius 1 is 1.27 bits per heavy atom. The van der Waals surface area contributed by atoms with Crippen LogP contribution in [-0.4, -0.2) is 51.4 Å². The second-order valence-electron chi connectivity index (χ2n) is 5.97. The Morgan fingerprint density at radius 3 is 2.46 bits per heavy atom. The maximum atomic E-state index is 12.9. The van der Waals surface area contributed by atoms with Crippen LogP contribution in [0.4, 0.5) is 5.69 Å². The van der Waals surface area contributed by atoms with Gasteiger partial charge in [0, 0.05) is 26.1 Å². The van der Waals surface area contributed by atoms with Crippen LogP contribution in [0.1, 0.15) is 26.7 Å². The molecule has 26 heavy (non-hydrogen) atoms. The number of piperidine rings is 1. The van der Waals surface area contributed by atoms with Crippen LogP contribution in [-0.2, 0) is 24.3 Å². The van der Waals surface area contributed by atoms with Gasteiger partial charge in [-0.1, -0.05) is 0 Å². The van der Waals surface area contributed by atoms with Gasteiger partial charge in [0.2, 0.25) is 15.9 Å². The number of sulfonamides is 1. The maximum Gasteiger partial charge on any atom is 0.309 e. The van der Waals surface area contributed by atoms with E-state index in [2.05, 4.69) is 5.32 Å². The quantitative estimate of drug-likeness (QED) is 0.748. The summed E-state index contributed by atoms with van der Waals surface area (Å²) in [5, 5.41) is 2.59. The minimum absolute atomic E-state index is 0.0815. The molecule has 144 valence electrons. The molecule has 0 bridgehead atoms. The van der Waals surface area contributed by atoms with Crippen molar-refractivity contribution in [1.29, 1.82) is 0 Å². The number of carbonyl (C=O) groups excluding carboxylic acids is 2. The molecule has 0 saturated carbocycles. The standard InChI is InChI=1S/C17H24N2O6S/c1-4-25-17(21)13-7-9-19(10-8-13)26(22,23)14-5-6-15(18-12(2)20)16(11-14)24-3/h5-6,11,13H,4,7-10H2,1-3H3,(H,18,20). The summed E-state index contributed by atoms with van der Waals surface area (Å²) in [6.07, 6.45) is 0.859. The number of esters is 1. The topological polar surface area (TPSA) is 102 Å². The number of rotatable bonds is 6. The van der Waals surface area contributed by atoms with E-state index >= 15 is 0 Å². The number of nitrogens with zero attached hydrogens (tertiary/aromatic N) is 1. The van der Waals surface area contributed by atoms with Crippen molar-refractivity contribution in [2.45, 2.75) is 31.6 Å². The molecule has 8 nitrogen and oxygen atoms in total. The number of carbonyl (C=O) groups is 2. The molecule has 1 aliphatic heterocycles. The lowest BCUT2D eigenvalue weighted by Gasteiger charge is -2.30. The van der Waals surface area contributed by atoms with Crippen LogP contribution in [0.25, 0.3) is 0 Å². The number of benzene rings is 1. The van der Waals surface area contributed by atoms with Crippen LogP contribution in [0.2, 0.25) is 0 Å². The van der Waals surface area contributed by atoms with E-state index in [1.54, 1.807) is 6.92 Å². The summed E-state index contributed by atoms with van der Waals surface area (Å²) in [6, 6.07) is 4.32. The second-order valence-corrected chi connectivity index (χ2v) is 7.91. The fourth-order valence-corrected chi connectivity index (χ4v) is 4.35. The van der Waals surface area contributed by atoms with E-state index in [0.717, 1.165) is 0 Å². The molecule has 0 aromatic heterocycles. The average Bonchev–Trinajstić information content (AvgIpc) is 2.61. The Kier molecular flexibility index (Phi) is 6.60. The molecule has 1 aromatic rings. The SMILES string of the molecule is CCOC(=O)C1CCN(S(=O)(=O)c2ccc(NC(C)=O)c(OC)c2)CC1. The van der Waals surface area contributed by atoms with E-state index in [4.69, 9.17) is 9.47 Å². The number of amides is 1. The van der Waals surface area contributed by atoms with Crippen molar-refractivity contribution in [3.05, 3.63) is 18.2 Å². The maximum absolute atomic E-state index is 12.9. The van der Waals surface area contributed by atoms with E-state index < -0.39 is 10.0 Å². The molecular formula is C17H24N2O6S. The van der Waals surface area contributed by atoms with Crippen molar-refractivity contribution in [2.24, 2.45) is 5.92 Å². The lowest BCUT2D eigenvalue weighted by atomic mass is 9.98. The van der Waals surface area contributed by atoms with E-state index in [0.29, 0.717) is 25.1 Å². The van der Waals surface area contributed by atoms with Gasteiger partial charge < -0.3 is 14.8 Å². The molecule has 0 radical (unpaired) electrons. The second kappa shape index (κ2) is 8.50. The minimum atomic E-state index is -3.71. The number of hydrogen-bond donors (Lipinski definition) is 1. The number of anilines is 1. The molecule has 0 atom stereocenters. The normalized spacial score (nSPS) is 16.1. The summed E-state index contributed by atoms with van der Waals surface area (Å²) in [4.78, 5) is 23.1. The minimum Gasteiger partial charge on any atom is -0.495 e. The third-order valence-corrected chi connectivity index (χ3v) is 6.09. The van der Waals surface area contributed by atoms with Crippen LogP contribution in [0.5, 0.6) is 5.75 Å². The van der Waals surface area contributed by atoms with Gasteiger partial charge >= 0.3 is 5.97 Å². The van der Waals surface area contributed by atoms with Gasteiger partial charge in [-0.2, -0.15) is 4.31 Å². The molecule has 1 aromatic carbocycles. The summed E-state index contributed by atoms with van der Waals surface area (Å²) >= 11 is 0.